The van der Waals surface area contributed by atoms with Crippen LogP contribution >= 0.6 is 0 Å². The molecule has 156 valence electrons. The third-order valence-electron chi connectivity index (χ3n) is 5.07. The number of rotatable bonds is 9. The van der Waals surface area contributed by atoms with Gasteiger partial charge in [-0.1, -0.05) is 25.5 Å². The topological polar surface area (TPSA) is 67.8 Å². The number of anilines is 1. The molecule has 2 aromatic carbocycles. The summed E-state index contributed by atoms with van der Waals surface area (Å²) in [7, 11) is 3.24. The quantitative estimate of drug-likeness (QED) is 0.420. The van der Waals surface area contributed by atoms with Crippen LogP contribution in [0.1, 0.15) is 43.4 Å². The largest absolute Gasteiger partial charge is 0.496 e. The maximum absolute atomic E-state index is 11.3. The molecule has 0 saturated heterocycles. The fourth-order valence-corrected chi connectivity index (χ4v) is 3.45. The SMILES string of the molecule is CCCCNc1ccc(-c2c(C)c(OC)c(C=C(C)C(=O)O)c(C)c2OC)cc1. The monoisotopic (exact) mass is 397 g/mol. The van der Waals surface area contributed by atoms with Gasteiger partial charge in [0.15, 0.2) is 0 Å². The molecule has 0 amide bonds. The van der Waals surface area contributed by atoms with Crippen molar-refractivity contribution in [1.29, 1.82) is 0 Å². The lowest BCUT2D eigenvalue weighted by atomic mass is 9.91. The average Bonchev–Trinajstić information content (AvgIpc) is 2.71. The van der Waals surface area contributed by atoms with E-state index < -0.39 is 5.97 Å². The van der Waals surface area contributed by atoms with Crippen LogP contribution in [0, 0.1) is 13.8 Å². The second-order valence-corrected chi connectivity index (χ2v) is 7.10. The second-order valence-electron chi connectivity index (χ2n) is 7.10. The van der Waals surface area contributed by atoms with Crippen LogP contribution in [0.25, 0.3) is 17.2 Å². The lowest BCUT2D eigenvalue weighted by Gasteiger charge is -2.21. The number of ether oxygens (including phenoxy) is 2. The molecule has 0 bridgehead atoms. The van der Waals surface area contributed by atoms with Crippen LogP contribution in [0.4, 0.5) is 5.69 Å². The van der Waals surface area contributed by atoms with Crippen molar-refractivity contribution in [2.75, 3.05) is 26.1 Å². The van der Waals surface area contributed by atoms with E-state index in [-0.39, 0.29) is 5.57 Å². The summed E-state index contributed by atoms with van der Waals surface area (Å²) in [6.45, 7) is 8.59. The van der Waals surface area contributed by atoms with Gasteiger partial charge in [-0.3, -0.25) is 0 Å². The molecule has 0 aromatic heterocycles. The minimum absolute atomic E-state index is 0.239. The molecular formula is C24H31NO4. The molecule has 5 nitrogen and oxygen atoms in total. The molecule has 0 aliphatic heterocycles. The van der Waals surface area contributed by atoms with E-state index in [2.05, 4.69) is 36.5 Å². The fourth-order valence-electron chi connectivity index (χ4n) is 3.45. The Hall–Kier alpha value is -2.95. The fraction of sp³-hybridized carbons (Fsp3) is 0.375. The Labute approximate surface area is 173 Å². The van der Waals surface area contributed by atoms with Crippen LogP contribution in [0.15, 0.2) is 29.8 Å². The highest BCUT2D eigenvalue weighted by atomic mass is 16.5. The van der Waals surface area contributed by atoms with Crippen molar-refractivity contribution >= 4 is 17.7 Å². The predicted octanol–water partition coefficient (Wildman–Crippen LogP) is 5.69. The number of nitrogens with one attached hydrogen (secondary N) is 1. The molecule has 0 aliphatic carbocycles. The molecule has 0 radical (unpaired) electrons. The molecule has 0 fully saturated rings. The van der Waals surface area contributed by atoms with Crippen molar-refractivity contribution in [1.82, 2.24) is 0 Å². The standard InChI is InChI=1S/C24H31NO4/c1-7-8-13-25-19-11-9-18(10-12-19)21-17(4)22(28-5)20(14-15(2)24(26)27)16(3)23(21)29-6/h9-12,14,25H,7-8,13H2,1-6H3,(H,26,27). The van der Waals surface area contributed by atoms with Gasteiger partial charge in [0, 0.05) is 40.1 Å². The van der Waals surface area contributed by atoms with E-state index in [1.807, 2.05) is 13.8 Å². The number of methoxy groups -OCH3 is 2. The first-order chi connectivity index (χ1) is 13.8. The zero-order valence-corrected chi connectivity index (χ0v) is 18.2. The Bertz CT molecular complexity index is 898. The van der Waals surface area contributed by atoms with Crippen molar-refractivity contribution in [3.63, 3.8) is 0 Å². The van der Waals surface area contributed by atoms with Gasteiger partial charge in [-0.25, -0.2) is 4.79 Å². The second kappa shape index (κ2) is 10.0. The summed E-state index contributed by atoms with van der Waals surface area (Å²) >= 11 is 0. The van der Waals surface area contributed by atoms with Crippen LogP contribution in [0.3, 0.4) is 0 Å². The molecular weight excluding hydrogens is 366 g/mol. The summed E-state index contributed by atoms with van der Waals surface area (Å²) in [4.78, 5) is 11.3. The molecule has 2 N–H and O–H groups in total. The molecule has 5 heteroatoms. The lowest BCUT2D eigenvalue weighted by Crippen LogP contribution is -2.04. The number of aliphatic carboxylic acids is 1. The molecule has 2 rings (SSSR count). The van der Waals surface area contributed by atoms with E-state index in [4.69, 9.17) is 9.47 Å². The summed E-state index contributed by atoms with van der Waals surface area (Å²) in [6, 6.07) is 8.26. The van der Waals surface area contributed by atoms with E-state index in [0.717, 1.165) is 58.6 Å². The Morgan fingerprint density at radius 3 is 2.21 bits per heavy atom. The molecule has 0 saturated carbocycles. The first-order valence-corrected chi connectivity index (χ1v) is 9.86. The molecule has 29 heavy (non-hydrogen) atoms. The van der Waals surface area contributed by atoms with Gasteiger partial charge in [0.2, 0.25) is 0 Å². The highest BCUT2D eigenvalue weighted by Gasteiger charge is 2.21. The molecule has 0 atom stereocenters. The molecule has 2 aromatic rings. The van der Waals surface area contributed by atoms with Crippen molar-refractivity contribution in [2.45, 2.75) is 40.5 Å². The van der Waals surface area contributed by atoms with Gasteiger partial charge in [-0.15, -0.1) is 0 Å². The van der Waals surface area contributed by atoms with Gasteiger partial charge in [-0.2, -0.15) is 0 Å². The Morgan fingerprint density at radius 2 is 1.69 bits per heavy atom. The predicted molar refractivity (Wildman–Crippen MR) is 119 cm³/mol. The number of hydrogen-bond acceptors (Lipinski definition) is 4. The van der Waals surface area contributed by atoms with Crippen molar-refractivity contribution in [3.8, 4) is 22.6 Å². The van der Waals surface area contributed by atoms with E-state index in [9.17, 15) is 9.90 Å². The first-order valence-electron chi connectivity index (χ1n) is 9.86. The maximum Gasteiger partial charge on any atom is 0.331 e. The van der Waals surface area contributed by atoms with E-state index in [1.54, 1.807) is 27.2 Å². The smallest absolute Gasteiger partial charge is 0.331 e. The third kappa shape index (κ3) is 4.91. The van der Waals surface area contributed by atoms with Crippen LogP contribution in [-0.2, 0) is 4.79 Å². The Balaban J connectivity index is 2.60. The minimum Gasteiger partial charge on any atom is -0.496 e. The highest BCUT2D eigenvalue weighted by molar-refractivity contribution is 5.93. The van der Waals surface area contributed by atoms with Gasteiger partial charge in [0.05, 0.1) is 14.2 Å². The van der Waals surface area contributed by atoms with Gasteiger partial charge >= 0.3 is 5.97 Å². The molecule has 0 spiro atoms. The number of benzene rings is 2. The van der Waals surface area contributed by atoms with Gasteiger partial charge in [-0.05, 0) is 51.0 Å². The number of carboxylic acid groups (broad SMARTS) is 1. The first kappa shape index (κ1) is 22.3. The summed E-state index contributed by atoms with van der Waals surface area (Å²) in [5, 5.41) is 12.7. The maximum atomic E-state index is 11.3. The van der Waals surface area contributed by atoms with Crippen LogP contribution in [0.2, 0.25) is 0 Å². The minimum atomic E-state index is -0.960. The highest BCUT2D eigenvalue weighted by Crippen LogP contribution is 2.44. The van der Waals surface area contributed by atoms with E-state index in [0.29, 0.717) is 5.75 Å². The van der Waals surface area contributed by atoms with E-state index >= 15 is 0 Å². The zero-order chi connectivity index (χ0) is 21.6. The summed E-state index contributed by atoms with van der Waals surface area (Å²) < 4.78 is 11.4. The summed E-state index contributed by atoms with van der Waals surface area (Å²) in [6.07, 6.45) is 3.93. The van der Waals surface area contributed by atoms with Gasteiger partial charge in [0.1, 0.15) is 11.5 Å². The number of carbonyl (C=O) groups is 1. The third-order valence-corrected chi connectivity index (χ3v) is 5.07. The number of hydrogen-bond donors (Lipinski definition) is 2. The van der Waals surface area contributed by atoms with Crippen LogP contribution < -0.4 is 14.8 Å². The molecule has 0 heterocycles. The van der Waals surface area contributed by atoms with Gasteiger partial charge in [0.25, 0.3) is 0 Å². The van der Waals surface area contributed by atoms with Gasteiger partial charge < -0.3 is 19.9 Å². The van der Waals surface area contributed by atoms with Crippen LogP contribution in [0.5, 0.6) is 11.5 Å². The lowest BCUT2D eigenvalue weighted by molar-refractivity contribution is -0.132. The van der Waals surface area contributed by atoms with Crippen molar-refractivity contribution in [2.24, 2.45) is 0 Å². The summed E-state index contributed by atoms with van der Waals surface area (Å²) in [5.41, 5.74) is 5.77. The average molecular weight is 398 g/mol. The van der Waals surface area contributed by atoms with E-state index in [1.165, 1.54) is 0 Å². The molecule has 0 unspecified atom stereocenters. The Morgan fingerprint density at radius 1 is 1.07 bits per heavy atom. The molecule has 0 aliphatic rings. The number of unbranched alkanes of at least 4 members (excludes halogenated alkanes) is 1. The normalized spacial score (nSPS) is 11.3. The van der Waals surface area contributed by atoms with Crippen LogP contribution in [-0.4, -0.2) is 31.8 Å². The van der Waals surface area contributed by atoms with Crippen molar-refractivity contribution < 1.29 is 19.4 Å². The number of carboxylic acids is 1. The summed E-state index contributed by atoms with van der Waals surface area (Å²) in [5.74, 6) is 0.418. The Kier molecular flexibility index (Phi) is 7.71. The zero-order valence-electron chi connectivity index (χ0n) is 18.2. The van der Waals surface area contributed by atoms with Crippen molar-refractivity contribution in [3.05, 3.63) is 46.5 Å².